The minimum Gasteiger partial charge on any atom is -0.451 e. The van der Waals surface area contributed by atoms with Crippen molar-refractivity contribution in [3.05, 3.63) is 46.1 Å². The van der Waals surface area contributed by atoms with Crippen molar-refractivity contribution < 1.29 is 23.5 Å². The molecule has 0 aliphatic rings. The van der Waals surface area contributed by atoms with Crippen LogP contribution in [-0.2, 0) is 14.3 Å². The fourth-order valence-corrected chi connectivity index (χ4v) is 3.07. The topological polar surface area (TPSA) is 84.5 Å². The average molecular weight is 406 g/mol. The standard InChI is InChI=1S/C20H23FN2O4S/c1-11-6-7-13(9-14(11)21)22-15(24)10-27-18(25)17-12(2)8-16(28-17)23-19(26)20(3,4)5/h6-9H,10H2,1-5H3,(H,22,24)(H,23,26). The number of carbonyl (C=O) groups is 3. The molecule has 0 radical (unpaired) electrons. The van der Waals surface area contributed by atoms with Crippen molar-refractivity contribution in [1.29, 1.82) is 0 Å². The highest BCUT2D eigenvalue weighted by atomic mass is 32.1. The molecule has 1 heterocycles. The van der Waals surface area contributed by atoms with Crippen LogP contribution in [0.15, 0.2) is 24.3 Å². The van der Waals surface area contributed by atoms with Gasteiger partial charge in [-0.05, 0) is 43.2 Å². The molecule has 0 bridgehead atoms. The summed E-state index contributed by atoms with van der Waals surface area (Å²) in [7, 11) is 0. The number of halogens is 1. The molecule has 0 saturated carbocycles. The molecule has 0 saturated heterocycles. The molecule has 0 aliphatic heterocycles. The van der Waals surface area contributed by atoms with Crippen molar-refractivity contribution in [2.75, 3.05) is 17.2 Å². The first-order chi connectivity index (χ1) is 13.0. The number of aryl methyl sites for hydroxylation is 2. The lowest BCUT2D eigenvalue weighted by molar-refractivity contribution is -0.123. The first-order valence-corrected chi connectivity index (χ1v) is 9.44. The predicted octanol–water partition coefficient (Wildman–Crippen LogP) is 4.28. The number of carbonyl (C=O) groups excluding carboxylic acids is 3. The number of thiophene rings is 1. The van der Waals surface area contributed by atoms with Gasteiger partial charge in [0.05, 0.1) is 5.00 Å². The number of anilines is 2. The van der Waals surface area contributed by atoms with Gasteiger partial charge >= 0.3 is 5.97 Å². The Morgan fingerprint density at radius 3 is 2.36 bits per heavy atom. The summed E-state index contributed by atoms with van der Waals surface area (Å²) in [6.45, 7) is 8.19. The van der Waals surface area contributed by atoms with E-state index in [2.05, 4.69) is 10.6 Å². The van der Waals surface area contributed by atoms with Crippen LogP contribution in [0.3, 0.4) is 0 Å². The van der Waals surface area contributed by atoms with Gasteiger partial charge in [0.25, 0.3) is 5.91 Å². The number of rotatable bonds is 5. The summed E-state index contributed by atoms with van der Waals surface area (Å²) in [5, 5.41) is 5.76. The Labute approximate surface area is 167 Å². The summed E-state index contributed by atoms with van der Waals surface area (Å²) < 4.78 is 18.5. The third-order valence-electron chi connectivity index (χ3n) is 3.81. The Balaban J connectivity index is 1.94. The molecular formula is C20H23FN2O4S. The van der Waals surface area contributed by atoms with Gasteiger partial charge in [0.2, 0.25) is 5.91 Å². The van der Waals surface area contributed by atoms with E-state index in [0.29, 0.717) is 21.0 Å². The number of amides is 2. The van der Waals surface area contributed by atoms with E-state index < -0.39 is 29.7 Å². The summed E-state index contributed by atoms with van der Waals surface area (Å²) in [6, 6.07) is 5.98. The molecular weight excluding hydrogens is 383 g/mol. The number of esters is 1. The Morgan fingerprint density at radius 2 is 1.75 bits per heavy atom. The highest BCUT2D eigenvalue weighted by Crippen LogP contribution is 2.29. The van der Waals surface area contributed by atoms with E-state index in [-0.39, 0.29) is 11.6 Å². The van der Waals surface area contributed by atoms with Crippen LogP contribution in [0.4, 0.5) is 15.1 Å². The average Bonchev–Trinajstić information content (AvgIpc) is 2.95. The number of nitrogens with one attached hydrogen (secondary N) is 2. The van der Waals surface area contributed by atoms with E-state index in [1.54, 1.807) is 52.8 Å². The second kappa shape index (κ2) is 8.52. The van der Waals surface area contributed by atoms with Crippen LogP contribution in [-0.4, -0.2) is 24.4 Å². The minimum absolute atomic E-state index is 0.168. The monoisotopic (exact) mass is 406 g/mol. The maximum atomic E-state index is 13.5. The van der Waals surface area contributed by atoms with Crippen LogP contribution in [0, 0.1) is 25.1 Å². The van der Waals surface area contributed by atoms with Gasteiger partial charge in [-0.1, -0.05) is 26.8 Å². The van der Waals surface area contributed by atoms with Gasteiger partial charge in [-0.3, -0.25) is 9.59 Å². The van der Waals surface area contributed by atoms with Gasteiger partial charge in [-0.25, -0.2) is 9.18 Å². The Bertz CT molecular complexity index is 915. The van der Waals surface area contributed by atoms with E-state index >= 15 is 0 Å². The molecule has 8 heteroatoms. The van der Waals surface area contributed by atoms with Crippen LogP contribution in [0.25, 0.3) is 0 Å². The molecule has 2 N–H and O–H groups in total. The van der Waals surface area contributed by atoms with Gasteiger partial charge in [0, 0.05) is 11.1 Å². The normalized spacial score (nSPS) is 11.1. The summed E-state index contributed by atoms with van der Waals surface area (Å²) in [5.74, 6) is -1.84. The molecule has 1 aromatic heterocycles. The van der Waals surface area contributed by atoms with E-state index in [4.69, 9.17) is 4.74 Å². The highest BCUT2D eigenvalue weighted by Gasteiger charge is 2.23. The third-order valence-corrected chi connectivity index (χ3v) is 4.94. The van der Waals surface area contributed by atoms with Crippen LogP contribution in [0.1, 0.15) is 41.6 Å². The maximum absolute atomic E-state index is 13.5. The van der Waals surface area contributed by atoms with Crippen molar-refractivity contribution in [2.24, 2.45) is 5.41 Å². The number of ether oxygens (including phenoxy) is 1. The fourth-order valence-electron chi connectivity index (χ4n) is 2.11. The zero-order valence-electron chi connectivity index (χ0n) is 16.4. The van der Waals surface area contributed by atoms with Crippen LogP contribution < -0.4 is 10.6 Å². The molecule has 2 amide bonds. The maximum Gasteiger partial charge on any atom is 0.349 e. The summed E-state index contributed by atoms with van der Waals surface area (Å²) in [4.78, 5) is 36.5. The molecule has 0 unspecified atom stereocenters. The van der Waals surface area contributed by atoms with E-state index in [1.165, 1.54) is 6.07 Å². The lowest BCUT2D eigenvalue weighted by Crippen LogP contribution is -2.27. The van der Waals surface area contributed by atoms with Crippen molar-refractivity contribution in [2.45, 2.75) is 34.6 Å². The molecule has 2 rings (SSSR count). The second-order valence-corrected chi connectivity index (χ2v) is 8.47. The van der Waals surface area contributed by atoms with E-state index in [0.717, 1.165) is 11.3 Å². The molecule has 0 fully saturated rings. The summed E-state index contributed by atoms with van der Waals surface area (Å²) in [5.41, 5.74) is 0.822. The number of hydrogen-bond acceptors (Lipinski definition) is 5. The van der Waals surface area contributed by atoms with Crippen molar-refractivity contribution >= 4 is 39.8 Å². The molecule has 0 atom stereocenters. The smallest absolute Gasteiger partial charge is 0.349 e. The zero-order valence-corrected chi connectivity index (χ0v) is 17.3. The van der Waals surface area contributed by atoms with Gasteiger partial charge in [-0.15, -0.1) is 11.3 Å². The lowest BCUT2D eigenvalue weighted by Gasteiger charge is -2.16. The minimum atomic E-state index is -0.663. The molecule has 150 valence electrons. The Morgan fingerprint density at radius 1 is 1.07 bits per heavy atom. The predicted molar refractivity (Wildman–Crippen MR) is 107 cm³/mol. The van der Waals surface area contributed by atoms with Crippen molar-refractivity contribution in [3.63, 3.8) is 0 Å². The highest BCUT2D eigenvalue weighted by molar-refractivity contribution is 7.18. The molecule has 6 nitrogen and oxygen atoms in total. The van der Waals surface area contributed by atoms with Crippen molar-refractivity contribution in [1.82, 2.24) is 0 Å². The van der Waals surface area contributed by atoms with Crippen LogP contribution >= 0.6 is 11.3 Å². The van der Waals surface area contributed by atoms with Crippen LogP contribution in [0.5, 0.6) is 0 Å². The molecule has 28 heavy (non-hydrogen) atoms. The quantitative estimate of drug-likeness (QED) is 0.726. The van der Waals surface area contributed by atoms with Gasteiger partial charge in [-0.2, -0.15) is 0 Å². The largest absolute Gasteiger partial charge is 0.451 e. The lowest BCUT2D eigenvalue weighted by atomic mass is 9.96. The number of benzene rings is 1. The molecule has 2 aromatic rings. The van der Waals surface area contributed by atoms with E-state index in [9.17, 15) is 18.8 Å². The molecule has 1 aromatic carbocycles. The summed E-state index contributed by atoms with van der Waals surface area (Å²) >= 11 is 1.08. The van der Waals surface area contributed by atoms with Gasteiger partial charge in [0.15, 0.2) is 6.61 Å². The third kappa shape index (κ3) is 5.63. The second-order valence-electron chi connectivity index (χ2n) is 7.42. The van der Waals surface area contributed by atoms with Crippen molar-refractivity contribution in [3.8, 4) is 0 Å². The summed E-state index contributed by atoms with van der Waals surface area (Å²) in [6.07, 6.45) is 0. The first-order valence-electron chi connectivity index (χ1n) is 8.62. The Kier molecular flexibility index (Phi) is 6.56. The Hall–Kier alpha value is -2.74. The first kappa shape index (κ1) is 21.6. The van der Waals surface area contributed by atoms with Gasteiger partial charge < -0.3 is 15.4 Å². The molecule has 0 spiro atoms. The van der Waals surface area contributed by atoms with Gasteiger partial charge in [0.1, 0.15) is 10.7 Å². The molecule has 0 aliphatic carbocycles. The zero-order chi connectivity index (χ0) is 21.1. The SMILES string of the molecule is Cc1ccc(NC(=O)COC(=O)c2sc(NC(=O)C(C)(C)C)cc2C)cc1F. The van der Waals surface area contributed by atoms with E-state index in [1.807, 2.05) is 0 Å². The number of hydrogen-bond donors (Lipinski definition) is 2. The fraction of sp³-hybridized carbons (Fsp3) is 0.350. The van der Waals surface area contributed by atoms with Crippen LogP contribution in [0.2, 0.25) is 0 Å².